The van der Waals surface area contributed by atoms with Gasteiger partial charge in [-0.25, -0.2) is 0 Å². The van der Waals surface area contributed by atoms with Crippen molar-refractivity contribution in [1.29, 1.82) is 0 Å². The first kappa shape index (κ1) is 20.3. The fraction of sp³-hybridized carbons (Fsp3) is 0.222. The molecule has 0 saturated heterocycles. The van der Waals surface area contributed by atoms with E-state index in [-0.39, 0.29) is 24.6 Å². The van der Waals surface area contributed by atoms with Gasteiger partial charge in [0.05, 0.1) is 18.0 Å². The van der Waals surface area contributed by atoms with Crippen LogP contribution in [0.1, 0.15) is 16.7 Å². The first-order valence-electron chi connectivity index (χ1n) is 7.74. The monoisotopic (exact) mass is 481 g/mol. The van der Waals surface area contributed by atoms with Crippen LogP contribution in [0.3, 0.4) is 0 Å². The Morgan fingerprint density at radius 3 is 2.50 bits per heavy atom. The standard InChI is InChI=1S/C18H17Br2N3O3/c1-11-3-4-15(23(25)26)5-13(11)8-21-9-16(24)10-22-14-6-17(19)12(2)18(20)7-14/h3-8,22H,9-10H2,1-2H3. The summed E-state index contributed by atoms with van der Waals surface area (Å²) in [5.41, 5.74) is 3.39. The second-order valence-corrected chi connectivity index (χ2v) is 7.43. The Hall–Kier alpha value is -2.06. The van der Waals surface area contributed by atoms with Crippen LogP contribution in [0.2, 0.25) is 0 Å². The molecule has 2 aromatic carbocycles. The van der Waals surface area contributed by atoms with Gasteiger partial charge in [0, 0.05) is 38.5 Å². The molecule has 0 aliphatic carbocycles. The lowest BCUT2D eigenvalue weighted by Crippen LogP contribution is -2.16. The van der Waals surface area contributed by atoms with E-state index in [1.807, 2.05) is 26.0 Å². The second-order valence-electron chi connectivity index (χ2n) is 5.72. The van der Waals surface area contributed by atoms with Crippen molar-refractivity contribution < 1.29 is 9.72 Å². The van der Waals surface area contributed by atoms with Crippen molar-refractivity contribution in [2.24, 2.45) is 4.99 Å². The molecule has 6 nitrogen and oxygen atoms in total. The van der Waals surface area contributed by atoms with Gasteiger partial charge in [-0.15, -0.1) is 0 Å². The van der Waals surface area contributed by atoms with Crippen LogP contribution >= 0.6 is 31.9 Å². The van der Waals surface area contributed by atoms with E-state index in [4.69, 9.17) is 0 Å². The molecular weight excluding hydrogens is 466 g/mol. The van der Waals surface area contributed by atoms with Crippen LogP contribution in [-0.4, -0.2) is 30.0 Å². The van der Waals surface area contributed by atoms with Crippen molar-refractivity contribution in [3.05, 3.63) is 66.1 Å². The van der Waals surface area contributed by atoms with Crippen molar-refractivity contribution in [2.75, 3.05) is 18.4 Å². The number of ketones is 1. The van der Waals surface area contributed by atoms with E-state index in [9.17, 15) is 14.9 Å². The Kier molecular flexibility index (Phi) is 7.05. The molecule has 0 aliphatic rings. The molecule has 0 bridgehead atoms. The zero-order valence-corrected chi connectivity index (χ0v) is 17.4. The molecule has 8 heteroatoms. The number of non-ortho nitro benzene ring substituents is 1. The van der Waals surface area contributed by atoms with Crippen molar-refractivity contribution in [1.82, 2.24) is 0 Å². The smallest absolute Gasteiger partial charge is 0.270 e. The molecule has 26 heavy (non-hydrogen) atoms. The number of benzene rings is 2. The van der Waals surface area contributed by atoms with Crippen molar-refractivity contribution in [3.63, 3.8) is 0 Å². The number of nitrogens with one attached hydrogen (secondary N) is 1. The van der Waals surface area contributed by atoms with Crippen molar-refractivity contribution >= 4 is 55.2 Å². The average molecular weight is 483 g/mol. The van der Waals surface area contributed by atoms with Gasteiger partial charge in [-0.2, -0.15) is 0 Å². The Labute approximate surface area is 168 Å². The molecule has 1 N–H and O–H groups in total. The van der Waals surface area contributed by atoms with Crippen LogP contribution in [0, 0.1) is 24.0 Å². The van der Waals surface area contributed by atoms with E-state index in [1.54, 1.807) is 6.07 Å². The Morgan fingerprint density at radius 2 is 1.88 bits per heavy atom. The van der Waals surface area contributed by atoms with Crippen molar-refractivity contribution in [2.45, 2.75) is 13.8 Å². The molecular formula is C18H17Br2N3O3. The van der Waals surface area contributed by atoms with E-state index in [2.05, 4.69) is 42.2 Å². The van der Waals surface area contributed by atoms with Gasteiger partial charge in [-0.1, -0.05) is 37.9 Å². The lowest BCUT2D eigenvalue weighted by atomic mass is 10.1. The van der Waals surface area contributed by atoms with E-state index in [0.717, 1.165) is 25.8 Å². The molecule has 0 atom stereocenters. The van der Waals surface area contributed by atoms with Gasteiger partial charge in [0.15, 0.2) is 5.78 Å². The first-order valence-corrected chi connectivity index (χ1v) is 9.32. The number of rotatable bonds is 7. The highest BCUT2D eigenvalue weighted by atomic mass is 79.9. The van der Waals surface area contributed by atoms with Gasteiger partial charge in [-0.05, 0) is 37.1 Å². The number of hydrogen-bond acceptors (Lipinski definition) is 5. The summed E-state index contributed by atoms with van der Waals surface area (Å²) in [5, 5.41) is 13.9. The quantitative estimate of drug-likeness (QED) is 0.347. The second kappa shape index (κ2) is 9.05. The fourth-order valence-electron chi connectivity index (χ4n) is 2.13. The minimum Gasteiger partial charge on any atom is -0.378 e. The average Bonchev–Trinajstić information content (AvgIpc) is 2.59. The highest BCUT2D eigenvalue weighted by Gasteiger charge is 2.08. The topological polar surface area (TPSA) is 84.6 Å². The van der Waals surface area contributed by atoms with Crippen LogP contribution < -0.4 is 5.32 Å². The van der Waals surface area contributed by atoms with Gasteiger partial charge in [0.25, 0.3) is 5.69 Å². The van der Waals surface area contributed by atoms with Crippen LogP contribution in [-0.2, 0) is 4.79 Å². The lowest BCUT2D eigenvalue weighted by molar-refractivity contribution is -0.384. The van der Waals surface area contributed by atoms with E-state index in [0.29, 0.717) is 5.56 Å². The molecule has 0 spiro atoms. The van der Waals surface area contributed by atoms with Crippen molar-refractivity contribution in [3.8, 4) is 0 Å². The molecule has 0 amide bonds. The van der Waals surface area contributed by atoms with Gasteiger partial charge in [-0.3, -0.25) is 19.9 Å². The summed E-state index contributed by atoms with van der Waals surface area (Å²) < 4.78 is 1.89. The highest BCUT2D eigenvalue weighted by molar-refractivity contribution is 9.11. The largest absolute Gasteiger partial charge is 0.378 e. The summed E-state index contributed by atoms with van der Waals surface area (Å²) in [5.74, 6) is -0.0860. The summed E-state index contributed by atoms with van der Waals surface area (Å²) in [7, 11) is 0. The van der Waals surface area contributed by atoms with Gasteiger partial charge < -0.3 is 5.32 Å². The van der Waals surface area contributed by atoms with Crippen LogP contribution in [0.5, 0.6) is 0 Å². The zero-order valence-electron chi connectivity index (χ0n) is 14.3. The number of nitrogens with zero attached hydrogens (tertiary/aromatic N) is 2. The molecule has 2 rings (SSSR count). The number of hydrogen-bond donors (Lipinski definition) is 1. The molecule has 136 valence electrons. The number of nitro groups is 1. The van der Waals surface area contributed by atoms with E-state index in [1.165, 1.54) is 18.3 Å². The molecule has 0 fully saturated rings. The van der Waals surface area contributed by atoms with Gasteiger partial charge in [0.1, 0.15) is 0 Å². The van der Waals surface area contributed by atoms with Crippen LogP contribution in [0.4, 0.5) is 11.4 Å². The third kappa shape index (κ3) is 5.47. The number of anilines is 1. The number of aryl methyl sites for hydroxylation is 1. The number of carbonyl (C=O) groups is 1. The number of halogens is 2. The predicted molar refractivity (Wildman–Crippen MR) is 110 cm³/mol. The summed E-state index contributed by atoms with van der Waals surface area (Å²) in [6.07, 6.45) is 1.50. The summed E-state index contributed by atoms with van der Waals surface area (Å²) in [6, 6.07) is 8.37. The zero-order chi connectivity index (χ0) is 19.3. The number of nitro benzene ring substituents is 1. The SMILES string of the molecule is Cc1ccc([N+](=O)[O-])cc1C=NCC(=O)CNc1cc(Br)c(C)c(Br)c1. The Morgan fingerprint density at radius 1 is 1.23 bits per heavy atom. The third-order valence-electron chi connectivity index (χ3n) is 3.74. The predicted octanol–water partition coefficient (Wildman–Crippen LogP) is 4.84. The minimum atomic E-state index is -0.455. The van der Waals surface area contributed by atoms with Gasteiger partial charge in [0.2, 0.25) is 0 Å². The molecule has 0 radical (unpaired) electrons. The molecule has 0 heterocycles. The van der Waals surface area contributed by atoms with Crippen LogP contribution in [0.15, 0.2) is 44.3 Å². The minimum absolute atomic E-state index is 0.000526. The maximum atomic E-state index is 12.0. The summed E-state index contributed by atoms with van der Waals surface area (Å²) in [4.78, 5) is 26.5. The highest BCUT2D eigenvalue weighted by Crippen LogP contribution is 2.28. The number of Topliss-reactive ketones (excluding diaryl/α,β-unsaturated/α-hetero) is 1. The van der Waals surface area contributed by atoms with E-state index >= 15 is 0 Å². The van der Waals surface area contributed by atoms with Gasteiger partial charge >= 0.3 is 0 Å². The molecule has 0 saturated carbocycles. The normalized spacial score (nSPS) is 10.9. The molecule has 0 aliphatic heterocycles. The molecule has 2 aromatic rings. The Bertz CT molecular complexity index is 859. The maximum absolute atomic E-state index is 12.0. The molecule has 0 aromatic heterocycles. The number of carbonyl (C=O) groups excluding carboxylic acids is 1. The third-order valence-corrected chi connectivity index (χ3v) is 5.39. The number of aliphatic imine (C=N–C) groups is 1. The van der Waals surface area contributed by atoms with E-state index < -0.39 is 4.92 Å². The summed E-state index contributed by atoms with van der Waals surface area (Å²) in [6.45, 7) is 3.96. The maximum Gasteiger partial charge on any atom is 0.270 e. The van der Waals surface area contributed by atoms with Crippen LogP contribution in [0.25, 0.3) is 0 Å². The summed E-state index contributed by atoms with van der Waals surface area (Å²) >= 11 is 6.94. The lowest BCUT2D eigenvalue weighted by Gasteiger charge is -2.09. The Balaban J connectivity index is 1.94. The fourth-order valence-corrected chi connectivity index (χ4v) is 3.32. The molecule has 0 unspecified atom stereocenters. The first-order chi connectivity index (χ1) is 12.3.